The smallest absolute Gasteiger partial charge is 0.156 e. The number of aromatic nitrogens is 3. The van der Waals surface area contributed by atoms with E-state index in [1.165, 1.54) is 38.8 Å². The van der Waals surface area contributed by atoms with Crippen LogP contribution in [0.4, 0.5) is 0 Å². The lowest BCUT2D eigenvalue weighted by molar-refractivity contribution is 0.769. The topological polar surface area (TPSA) is 38.7 Å². The van der Waals surface area contributed by atoms with Gasteiger partial charge in [0.15, 0.2) is 5.82 Å². The lowest BCUT2D eigenvalue weighted by atomic mass is 9.67. The van der Waals surface area contributed by atoms with Gasteiger partial charge >= 0.3 is 0 Å². The van der Waals surface area contributed by atoms with Gasteiger partial charge in [0.2, 0.25) is 0 Å². The number of rotatable bonds is 7. The Morgan fingerprint density at radius 3 is 1.82 bits per heavy atom. The maximum Gasteiger partial charge on any atom is 0.156 e. The molecule has 1 aliphatic carbocycles. The predicted molar refractivity (Wildman–Crippen MR) is 233 cm³/mol. The first kappa shape index (κ1) is 33.3. The summed E-state index contributed by atoms with van der Waals surface area (Å²) in [5.41, 5.74) is 13.6. The van der Waals surface area contributed by atoms with Crippen LogP contribution >= 0.6 is 0 Å². The first-order valence-corrected chi connectivity index (χ1v) is 19.1. The molecule has 0 spiro atoms. The van der Waals surface area contributed by atoms with Crippen LogP contribution in [0.2, 0.25) is 0 Å². The molecule has 0 saturated heterocycles. The Balaban J connectivity index is 1.25. The summed E-state index contributed by atoms with van der Waals surface area (Å²) in [6, 6.07) is 62.6. The minimum Gasteiger partial charge on any atom is -0.247 e. The molecule has 264 valence electrons. The van der Waals surface area contributed by atoms with Gasteiger partial charge in [0.05, 0.1) is 27.8 Å². The van der Waals surface area contributed by atoms with E-state index in [1.807, 2.05) is 24.3 Å². The SMILES string of the molecule is C=C/C=C(\C=C(/C)c1nc(-c2ccccc2)c2ccccc2n1)c1nc2ccccc2c2c3c(ccc12)C(c1ccccc1)(c1ccccc1)c1ccccc1-3. The second-order valence-corrected chi connectivity index (χ2v) is 14.4. The molecule has 0 atom stereocenters. The second-order valence-electron chi connectivity index (χ2n) is 14.4. The van der Waals surface area contributed by atoms with E-state index in [4.69, 9.17) is 15.0 Å². The van der Waals surface area contributed by atoms with Crippen LogP contribution in [0.5, 0.6) is 0 Å². The minimum atomic E-state index is -0.507. The van der Waals surface area contributed by atoms with Crippen molar-refractivity contribution in [1.29, 1.82) is 0 Å². The summed E-state index contributed by atoms with van der Waals surface area (Å²) in [6.07, 6.45) is 6.06. The maximum atomic E-state index is 5.42. The van der Waals surface area contributed by atoms with Gasteiger partial charge in [-0.1, -0.05) is 183 Å². The molecular weight excluding hydrogens is 679 g/mol. The van der Waals surface area contributed by atoms with Crippen LogP contribution in [0, 0.1) is 0 Å². The molecule has 7 aromatic carbocycles. The zero-order valence-electron chi connectivity index (χ0n) is 31.0. The fraction of sp³-hybridized carbons (Fsp3) is 0.0377. The molecule has 2 heterocycles. The molecule has 9 aromatic rings. The average Bonchev–Trinajstić information content (AvgIpc) is 3.57. The molecule has 3 heteroatoms. The van der Waals surface area contributed by atoms with Crippen molar-refractivity contribution in [2.75, 3.05) is 0 Å². The molecule has 0 amide bonds. The molecule has 0 unspecified atom stereocenters. The molecule has 3 nitrogen and oxygen atoms in total. The number of allylic oxidation sites excluding steroid dienone is 5. The molecule has 0 saturated carbocycles. The van der Waals surface area contributed by atoms with Gasteiger partial charge in [-0.25, -0.2) is 15.0 Å². The van der Waals surface area contributed by atoms with Gasteiger partial charge in [-0.2, -0.15) is 0 Å². The van der Waals surface area contributed by atoms with Crippen molar-refractivity contribution >= 4 is 43.7 Å². The van der Waals surface area contributed by atoms with Gasteiger partial charge in [0.1, 0.15) is 0 Å². The number of fused-ring (bicyclic) bond motifs is 8. The van der Waals surface area contributed by atoms with E-state index in [0.29, 0.717) is 5.82 Å². The Kier molecular flexibility index (Phi) is 8.08. The first-order chi connectivity index (χ1) is 27.7. The van der Waals surface area contributed by atoms with Gasteiger partial charge in [-0.3, -0.25) is 0 Å². The third-order valence-electron chi connectivity index (χ3n) is 11.2. The number of nitrogens with zero attached hydrogens (tertiary/aromatic N) is 3. The summed E-state index contributed by atoms with van der Waals surface area (Å²) in [6.45, 7) is 6.24. The lowest BCUT2D eigenvalue weighted by Crippen LogP contribution is -2.28. The van der Waals surface area contributed by atoms with Crippen molar-refractivity contribution in [2.45, 2.75) is 12.3 Å². The van der Waals surface area contributed by atoms with Crippen molar-refractivity contribution in [3.05, 3.63) is 235 Å². The van der Waals surface area contributed by atoms with Crippen molar-refractivity contribution in [3.63, 3.8) is 0 Å². The highest BCUT2D eigenvalue weighted by molar-refractivity contribution is 6.19. The van der Waals surface area contributed by atoms with Crippen LogP contribution in [0.15, 0.2) is 201 Å². The van der Waals surface area contributed by atoms with Crippen LogP contribution in [-0.4, -0.2) is 15.0 Å². The van der Waals surface area contributed by atoms with E-state index in [1.54, 1.807) is 0 Å². The maximum absolute atomic E-state index is 5.42. The van der Waals surface area contributed by atoms with Gasteiger partial charge < -0.3 is 0 Å². The molecule has 0 fully saturated rings. The van der Waals surface area contributed by atoms with Gasteiger partial charge in [-0.05, 0) is 64.1 Å². The van der Waals surface area contributed by atoms with E-state index in [-0.39, 0.29) is 0 Å². The fourth-order valence-corrected chi connectivity index (χ4v) is 8.88. The summed E-state index contributed by atoms with van der Waals surface area (Å²) in [5, 5.41) is 4.42. The zero-order chi connectivity index (χ0) is 37.6. The number of hydrogen-bond acceptors (Lipinski definition) is 3. The molecule has 0 aliphatic heterocycles. The van der Waals surface area contributed by atoms with Gasteiger partial charge in [0.25, 0.3) is 0 Å². The zero-order valence-corrected chi connectivity index (χ0v) is 31.0. The van der Waals surface area contributed by atoms with Crippen LogP contribution < -0.4 is 0 Å². The highest BCUT2D eigenvalue weighted by atomic mass is 14.9. The third kappa shape index (κ3) is 5.16. The quantitative estimate of drug-likeness (QED) is 0.122. The fourth-order valence-electron chi connectivity index (χ4n) is 8.88. The molecule has 0 bridgehead atoms. The normalized spacial score (nSPS) is 13.5. The van der Waals surface area contributed by atoms with E-state index in [2.05, 4.69) is 183 Å². The van der Waals surface area contributed by atoms with Crippen molar-refractivity contribution in [1.82, 2.24) is 15.0 Å². The Labute approximate surface area is 326 Å². The van der Waals surface area contributed by atoms with Crippen molar-refractivity contribution in [2.24, 2.45) is 0 Å². The predicted octanol–water partition coefficient (Wildman–Crippen LogP) is 13.0. The van der Waals surface area contributed by atoms with Gasteiger partial charge in [-0.15, -0.1) is 0 Å². The highest BCUT2D eigenvalue weighted by Crippen LogP contribution is 2.58. The van der Waals surface area contributed by atoms with E-state index in [9.17, 15) is 0 Å². The number of benzene rings is 7. The minimum absolute atomic E-state index is 0.507. The molecule has 1 aliphatic rings. The van der Waals surface area contributed by atoms with E-state index >= 15 is 0 Å². The molecule has 56 heavy (non-hydrogen) atoms. The van der Waals surface area contributed by atoms with Crippen LogP contribution in [0.25, 0.3) is 66.1 Å². The monoisotopic (exact) mass is 715 g/mol. The summed E-state index contributed by atoms with van der Waals surface area (Å²) in [7, 11) is 0. The molecular formula is C53H37N3. The summed E-state index contributed by atoms with van der Waals surface area (Å²) >= 11 is 0. The molecule has 10 rings (SSSR count). The molecule has 0 N–H and O–H groups in total. The molecule has 0 radical (unpaired) electrons. The van der Waals surface area contributed by atoms with Crippen LogP contribution in [0.1, 0.15) is 40.7 Å². The summed E-state index contributed by atoms with van der Waals surface area (Å²) in [5.74, 6) is 0.674. The largest absolute Gasteiger partial charge is 0.247 e. The summed E-state index contributed by atoms with van der Waals surface area (Å²) in [4.78, 5) is 15.7. The standard InChI is InChI=1S/C53H37N3/c1-3-19-37(34-35(2)52-55-47-31-18-15-28-42(47)50(56-52)36-20-7-4-8-21-36)51-43-32-33-45-49(48(43)41-27-14-17-30-46(41)54-51)40-26-13-16-29-44(40)53(45,38-22-9-5-10-23-38)39-24-11-6-12-25-39/h3-34H,1H2,2H3/b35-34+,37-19+. The average molecular weight is 716 g/mol. The summed E-state index contributed by atoms with van der Waals surface area (Å²) < 4.78 is 0. The Hall–Kier alpha value is -7.23. The Morgan fingerprint density at radius 1 is 0.536 bits per heavy atom. The van der Waals surface area contributed by atoms with Gasteiger partial charge in [0, 0.05) is 32.7 Å². The Bertz CT molecular complexity index is 2990. The number of hydrogen-bond donors (Lipinski definition) is 0. The third-order valence-corrected chi connectivity index (χ3v) is 11.2. The highest BCUT2D eigenvalue weighted by Gasteiger charge is 2.46. The lowest BCUT2D eigenvalue weighted by Gasteiger charge is -2.34. The van der Waals surface area contributed by atoms with Crippen molar-refractivity contribution in [3.8, 4) is 22.4 Å². The van der Waals surface area contributed by atoms with Crippen molar-refractivity contribution < 1.29 is 0 Å². The number of para-hydroxylation sites is 2. The van der Waals surface area contributed by atoms with E-state index in [0.717, 1.165) is 55.3 Å². The first-order valence-electron chi connectivity index (χ1n) is 19.1. The Morgan fingerprint density at radius 2 is 1.12 bits per heavy atom. The van der Waals surface area contributed by atoms with Crippen LogP contribution in [0.3, 0.4) is 0 Å². The molecule has 2 aromatic heterocycles. The second kappa shape index (κ2) is 13.6. The van der Waals surface area contributed by atoms with Crippen LogP contribution in [-0.2, 0) is 5.41 Å². The van der Waals surface area contributed by atoms with E-state index < -0.39 is 5.41 Å². The number of pyridine rings is 1.